The second kappa shape index (κ2) is 6.15. The van der Waals surface area contributed by atoms with Gasteiger partial charge in [0, 0.05) is 12.5 Å². The molecular weight excluding hydrogens is 290 g/mol. The lowest BCUT2D eigenvalue weighted by atomic mass is 10.0. The van der Waals surface area contributed by atoms with Crippen molar-refractivity contribution in [3.63, 3.8) is 0 Å². The van der Waals surface area contributed by atoms with Crippen molar-refractivity contribution in [2.75, 3.05) is 6.54 Å². The van der Waals surface area contributed by atoms with Crippen LogP contribution in [0.2, 0.25) is 0 Å². The number of ether oxygens (including phenoxy) is 1. The average Bonchev–Trinajstić information content (AvgIpc) is 3.11. The summed E-state index contributed by atoms with van der Waals surface area (Å²) in [5, 5.41) is 16.0. The van der Waals surface area contributed by atoms with Crippen LogP contribution in [0.4, 0.5) is 0 Å². The number of rotatable bonds is 5. The van der Waals surface area contributed by atoms with Crippen LogP contribution in [0.25, 0.3) is 0 Å². The average molecular weight is 309 g/mol. The Morgan fingerprint density at radius 1 is 1.43 bits per heavy atom. The molecule has 6 heteroatoms. The summed E-state index contributed by atoms with van der Waals surface area (Å²) in [6.45, 7) is 0.412. The third-order valence-electron chi connectivity index (χ3n) is 4.23. The molecule has 21 heavy (non-hydrogen) atoms. The van der Waals surface area contributed by atoms with E-state index in [4.69, 9.17) is 9.84 Å². The van der Waals surface area contributed by atoms with Gasteiger partial charge in [0.1, 0.15) is 0 Å². The van der Waals surface area contributed by atoms with Gasteiger partial charge in [-0.2, -0.15) is 11.3 Å². The monoisotopic (exact) mass is 309 g/mol. The minimum atomic E-state index is -0.911. The summed E-state index contributed by atoms with van der Waals surface area (Å²) in [7, 11) is 0. The van der Waals surface area contributed by atoms with E-state index in [9.17, 15) is 9.59 Å². The van der Waals surface area contributed by atoms with Crippen molar-refractivity contribution >= 4 is 23.2 Å². The summed E-state index contributed by atoms with van der Waals surface area (Å²) in [5.41, 5.74) is 1.25. The first-order chi connectivity index (χ1) is 10.1. The Kier molecular flexibility index (Phi) is 4.26. The van der Waals surface area contributed by atoms with E-state index in [0.717, 1.165) is 19.3 Å². The standard InChI is InChI=1S/C15H19NO4S/c17-14(12-6-11(12)9-4-5-21-8-9)16-7-10-2-1-3-13(20-10)15(18)19/h4-5,8,10-13H,1-3,6-7H2,(H,16,17)(H,18,19)/t10-,11+,12-,13+/m1/s1. The number of aliphatic carboxylic acids is 1. The van der Waals surface area contributed by atoms with E-state index < -0.39 is 12.1 Å². The molecule has 2 aliphatic rings. The molecule has 2 heterocycles. The smallest absolute Gasteiger partial charge is 0.332 e. The quantitative estimate of drug-likeness (QED) is 0.872. The van der Waals surface area contributed by atoms with Gasteiger partial charge >= 0.3 is 5.97 Å². The third kappa shape index (κ3) is 3.44. The summed E-state index contributed by atoms with van der Waals surface area (Å²) >= 11 is 1.65. The highest BCUT2D eigenvalue weighted by Gasteiger charge is 2.44. The number of thiophene rings is 1. The van der Waals surface area contributed by atoms with Crippen molar-refractivity contribution in [2.24, 2.45) is 5.92 Å². The maximum absolute atomic E-state index is 12.1. The zero-order valence-corrected chi connectivity index (χ0v) is 12.5. The van der Waals surface area contributed by atoms with Crippen LogP contribution in [-0.2, 0) is 14.3 Å². The first-order valence-corrected chi connectivity index (χ1v) is 8.27. The molecule has 1 aliphatic carbocycles. The van der Waals surface area contributed by atoms with Gasteiger partial charge in [-0.25, -0.2) is 4.79 Å². The first-order valence-electron chi connectivity index (χ1n) is 7.33. The van der Waals surface area contributed by atoms with Crippen LogP contribution < -0.4 is 5.32 Å². The highest BCUT2D eigenvalue weighted by atomic mass is 32.1. The predicted octanol–water partition coefficient (Wildman–Crippen LogP) is 1.99. The number of amides is 1. The molecule has 1 aromatic heterocycles. The highest BCUT2D eigenvalue weighted by molar-refractivity contribution is 7.08. The molecule has 0 radical (unpaired) electrons. The Balaban J connectivity index is 1.43. The molecule has 2 N–H and O–H groups in total. The predicted molar refractivity (Wildman–Crippen MR) is 78.3 cm³/mol. The molecule has 2 fully saturated rings. The maximum atomic E-state index is 12.1. The van der Waals surface area contributed by atoms with Gasteiger partial charge in [0.15, 0.2) is 6.10 Å². The Morgan fingerprint density at radius 3 is 3.00 bits per heavy atom. The topological polar surface area (TPSA) is 75.6 Å². The number of carbonyl (C=O) groups is 2. The minimum absolute atomic E-state index is 0.0623. The molecule has 3 rings (SSSR count). The van der Waals surface area contributed by atoms with Gasteiger partial charge in [0.25, 0.3) is 0 Å². The Hall–Kier alpha value is -1.40. The molecule has 1 aromatic rings. The maximum Gasteiger partial charge on any atom is 0.332 e. The number of hydrogen-bond donors (Lipinski definition) is 2. The number of carboxylic acids is 1. The fraction of sp³-hybridized carbons (Fsp3) is 0.600. The number of hydrogen-bond acceptors (Lipinski definition) is 4. The van der Waals surface area contributed by atoms with E-state index in [1.165, 1.54) is 5.56 Å². The van der Waals surface area contributed by atoms with Crippen molar-refractivity contribution in [3.8, 4) is 0 Å². The lowest BCUT2D eigenvalue weighted by molar-refractivity contribution is -0.158. The first kappa shape index (κ1) is 14.5. The summed E-state index contributed by atoms with van der Waals surface area (Å²) in [4.78, 5) is 23.0. The molecule has 1 saturated heterocycles. The van der Waals surface area contributed by atoms with Crippen molar-refractivity contribution in [1.82, 2.24) is 5.32 Å². The van der Waals surface area contributed by atoms with Crippen LogP contribution in [0.5, 0.6) is 0 Å². The fourth-order valence-electron chi connectivity index (χ4n) is 2.92. The van der Waals surface area contributed by atoms with Gasteiger partial charge in [-0.05, 0) is 54.0 Å². The molecule has 1 aliphatic heterocycles. The zero-order valence-electron chi connectivity index (χ0n) is 11.7. The van der Waals surface area contributed by atoms with Crippen LogP contribution in [-0.4, -0.2) is 35.7 Å². The van der Waals surface area contributed by atoms with Crippen molar-refractivity contribution < 1.29 is 19.4 Å². The van der Waals surface area contributed by atoms with Gasteiger partial charge in [-0.1, -0.05) is 0 Å². The minimum Gasteiger partial charge on any atom is -0.479 e. The number of nitrogens with one attached hydrogen (secondary N) is 1. The lowest BCUT2D eigenvalue weighted by Crippen LogP contribution is -2.41. The molecule has 1 amide bonds. The zero-order chi connectivity index (χ0) is 14.8. The highest BCUT2D eigenvalue weighted by Crippen LogP contribution is 2.48. The third-order valence-corrected chi connectivity index (χ3v) is 4.93. The molecule has 5 nitrogen and oxygen atoms in total. The van der Waals surface area contributed by atoms with E-state index in [1.54, 1.807) is 11.3 Å². The van der Waals surface area contributed by atoms with Crippen molar-refractivity contribution in [1.29, 1.82) is 0 Å². The molecule has 4 atom stereocenters. The van der Waals surface area contributed by atoms with Gasteiger partial charge in [-0.3, -0.25) is 4.79 Å². The van der Waals surface area contributed by atoms with E-state index in [1.807, 2.05) is 5.38 Å². The van der Waals surface area contributed by atoms with E-state index in [-0.39, 0.29) is 17.9 Å². The Labute approximate surface area is 127 Å². The van der Waals surface area contributed by atoms with Crippen molar-refractivity contribution in [3.05, 3.63) is 22.4 Å². The van der Waals surface area contributed by atoms with E-state index >= 15 is 0 Å². The summed E-state index contributed by atoms with van der Waals surface area (Å²) in [6, 6.07) is 2.07. The molecule has 0 bridgehead atoms. The number of carbonyl (C=O) groups excluding carboxylic acids is 1. The Bertz CT molecular complexity index is 516. The van der Waals surface area contributed by atoms with Gasteiger partial charge in [0.05, 0.1) is 6.10 Å². The lowest BCUT2D eigenvalue weighted by Gasteiger charge is -2.27. The second-order valence-corrected chi connectivity index (χ2v) is 6.55. The summed E-state index contributed by atoms with van der Waals surface area (Å²) in [5.74, 6) is -0.424. The fourth-order valence-corrected chi connectivity index (χ4v) is 3.64. The van der Waals surface area contributed by atoms with Crippen molar-refractivity contribution in [2.45, 2.75) is 43.8 Å². The summed E-state index contributed by atoms with van der Waals surface area (Å²) < 4.78 is 5.48. The molecule has 0 aromatic carbocycles. The molecular formula is C15H19NO4S. The SMILES string of the molecule is O=C(O)[C@@H]1CCC[C@H](CNC(=O)[C@@H]2C[C@H]2c2ccsc2)O1. The van der Waals surface area contributed by atoms with Gasteiger partial charge in [-0.15, -0.1) is 0 Å². The second-order valence-electron chi connectivity index (χ2n) is 5.77. The molecule has 0 spiro atoms. The Morgan fingerprint density at radius 2 is 2.29 bits per heavy atom. The van der Waals surface area contributed by atoms with Crippen LogP contribution in [0, 0.1) is 5.92 Å². The van der Waals surface area contributed by atoms with Gasteiger partial charge < -0.3 is 15.2 Å². The summed E-state index contributed by atoms with van der Waals surface area (Å²) in [6.07, 6.45) is 2.21. The molecule has 1 saturated carbocycles. The molecule has 0 unspecified atom stereocenters. The normalized spacial score (nSPS) is 31.6. The molecule has 114 valence electrons. The largest absolute Gasteiger partial charge is 0.479 e. The van der Waals surface area contributed by atoms with Crippen LogP contribution >= 0.6 is 11.3 Å². The van der Waals surface area contributed by atoms with E-state index in [0.29, 0.717) is 18.9 Å². The van der Waals surface area contributed by atoms with Gasteiger partial charge in [0.2, 0.25) is 5.91 Å². The van der Waals surface area contributed by atoms with Crippen LogP contribution in [0.1, 0.15) is 37.2 Å². The van der Waals surface area contributed by atoms with Crippen LogP contribution in [0.3, 0.4) is 0 Å². The number of carboxylic acid groups (broad SMARTS) is 1. The van der Waals surface area contributed by atoms with Crippen LogP contribution in [0.15, 0.2) is 16.8 Å². The van der Waals surface area contributed by atoms with E-state index in [2.05, 4.69) is 16.8 Å².